The SMILES string of the molecule is COc1ccc2cc(CNC(=O)CCNS(=O)(=O)c3ccc(C)cc3C)ccc2c1. The van der Waals surface area contributed by atoms with Gasteiger partial charge >= 0.3 is 0 Å². The van der Waals surface area contributed by atoms with Crippen molar-refractivity contribution in [3.63, 3.8) is 0 Å². The van der Waals surface area contributed by atoms with Gasteiger partial charge in [0.1, 0.15) is 5.75 Å². The number of hydrogen-bond donors (Lipinski definition) is 2. The van der Waals surface area contributed by atoms with Gasteiger partial charge in [-0.1, -0.05) is 35.9 Å². The predicted molar refractivity (Wildman–Crippen MR) is 118 cm³/mol. The van der Waals surface area contributed by atoms with E-state index in [1.807, 2.05) is 49.4 Å². The molecule has 2 N–H and O–H groups in total. The van der Waals surface area contributed by atoms with Crippen molar-refractivity contribution in [2.24, 2.45) is 0 Å². The molecule has 3 aromatic carbocycles. The number of carbonyl (C=O) groups excluding carboxylic acids is 1. The lowest BCUT2D eigenvalue weighted by molar-refractivity contribution is -0.121. The number of benzene rings is 3. The number of nitrogens with one attached hydrogen (secondary N) is 2. The van der Waals surface area contributed by atoms with Gasteiger partial charge in [0.2, 0.25) is 15.9 Å². The van der Waals surface area contributed by atoms with Crippen molar-refractivity contribution in [3.8, 4) is 5.75 Å². The number of carbonyl (C=O) groups is 1. The molecule has 0 fully saturated rings. The van der Waals surface area contributed by atoms with Gasteiger partial charge < -0.3 is 10.1 Å². The molecule has 30 heavy (non-hydrogen) atoms. The molecule has 3 rings (SSSR count). The first-order valence-electron chi connectivity index (χ1n) is 9.69. The lowest BCUT2D eigenvalue weighted by Gasteiger charge is -2.10. The third-order valence-corrected chi connectivity index (χ3v) is 6.49. The normalized spacial score (nSPS) is 11.4. The van der Waals surface area contributed by atoms with E-state index >= 15 is 0 Å². The van der Waals surface area contributed by atoms with E-state index in [4.69, 9.17) is 4.74 Å². The molecule has 0 radical (unpaired) electrons. The first kappa shape index (κ1) is 21.8. The van der Waals surface area contributed by atoms with Crippen molar-refractivity contribution < 1.29 is 17.9 Å². The van der Waals surface area contributed by atoms with Crippen LogP contribution in [-0.2, 0) is 21.4 Å². The summed E-state index contributed by atoms with van der Waals surface area (Å²) in [7, 11) is -2.01. The molecule has 0 bridgehead atoms. The minimum atomic E-state index is -3.64. The average Bonchev–Trinajstić information content (AvgIpc) is 2.71. The topological polar surface area (TPSA) is 84.5 Å². The maximum Gasteiger partial charge on any atom is 0.240 e. The van der Waals surface area contributed by atoms with Gasteiger partial charge in [-0.15, -0.1) is 0 Å². The van der Waals surface area contributed by atoms with E-state index in [0.29, 0.717) is 12.1 Å². The molecule has 1 amide bonds. The Bertz CT molecular complexity index is 1170. The van der Waals surface area contributed by atoms with Gasteiger partial charge in [0.25, 0.3) is 0 Å². The lowest BCUT2D eigenvalue weighted by Crippen LogP contribution is -2.30. The molecule has 0 atom stereocenters. The summed E-state index contributed by atoms with van der Waals surface area (Å²) >= 11 is 0. The fraction of sp³-hybridized carbons (Fsp3) is 0.261. The fourth-order valence-corrected chi connectivity index (χ4v) is 4.53. The van der Waals surface area contributed by atoms with E-state index < -0.39 is 10.0 Å². The molecule has 158 valence electrons. The van der Waals surface area contributed by atoms with Crippen molar-refractivity contribution in [2.45, 2.75) is 31.7 Å². The standard InChI is InChI=1S/C23H26N2O4S/c1-16-4-9-22(17(2)12-16)30(27,28)25-11-10-23(26)24-15-18-5-6-20-14-21(29-3)8-7-19(20)13-18/h4-9,12-14,25H,10-11,15H2,1-3H3,(H,24,26). The number of methoxy groups -OCH3 is 1. The van der Waals surface area contributed by atoms with Crippen molar-refractivity contribution in [1.29, 1.82) is 0 Å². The molecule has 0 aliphatic rings. The van der Waals surface area contributed by atoms with Gasteiger partial charge in [0, 0.05) is 19.5 Å². The molecule has 0 aliphatic carbocycles. The highest BCUT2D eigenvalue weighted by atomic mass is 32.2. The summed E-state index contributed by atoms with van der Waals surface area (Å²) < 4.78 is 32.6. The molecule has 6 nitrogen and oxygen atoms in total. The third kappa shape index (κ3) is 5.37. The van der Waals surface area contributed by atoms with Crippen LogP contribution < -0.4 is 14.8 Å². The smallest absolute Gasteiger partial charge is 0.240 e. The van der Waals surface area contributed by atoms with E-state index in [1.165, 1.54) is 0 Å². The summed E-state index contributed by atoms with van der Waals surface area (Å²) in [6.07, 6.45) is 0.0644. The van der Waals surface area contributed by atoms with Crippen LogP contribution in [0, 0.1) is 13.8 Å². The average molecular weight is 427 g/mol. The Hall–Kier alpha value is -2.90. The van der Waals surface area contributed by atoms with E-state index in [1.54, 1.807) is 26.2 Å². The second-order valence-corrected chi connectivity index (χ2v) is 8.98. The highest BCUT2D eigenvalue weighted by molar-refractivity contribution is 7.89. The zero-order chi connectivity index (χ0) is 21.7. The van der Waals surface area contributed by atoms with Crippen LogP contribution >= 0.6 is 0 Å². The highest BCUT2D eigenvalue weighted by Gasteiger charge is 2.16. The maximum atomic E-state index is 12.4. The first-order chi connectivity index (χ1) is 14.3. The van der Waals surface area contributed by atoms with Gasteiger partial charge in [0.05, 0.1) is 12.0 Å². The van der Waals surface area contributed by atoms with Crippen LogP contribution in [0.5, 0.6) is 5.75 Å². The van der Waals surface area contributed by atoms with Crippen molar-refractivity contribution in [1.82, 2.24) is 10.0 Å². The molecule has 3 aromatic rings. The molecule has 7 heteroatoms. The number of amides is 1. The van der Waals surface area contributed by atoms with E-state index in [2.05, 4.69) is 10.0 Å². The Morgan fingerprint density at radius 1 is 0.967 bits per heavy atom. The molecular formula is C23H26N2O4S. The van der Waals surface area contributed by atoms with Gasteiger partial charge in [-0.2, -0.15) is 0 Å². The van der Waals surface area contributed by atoms with Gasteiger partial charge in [-0.05, 0) is 60.0 Å². The molecular weight excluding hydrogens is 400 g/mol. The van der Waals surface area contributed by atoms with Crippen LogP contribution in [0.1, 0.15) is 23.1 Å². The van der Waals surface area contributed by atoms with Crippen molar-refractivity contribution in [2.75, 3.05) is 13.7 Å². The van der Waals surface area contributed by atoms with Crippen LogP contribution in [-0.4, -0.2) is 28.0 Å². The first-order valence-corrected chi connectivity index (χ1v) is 11.2. The fourth-order valence-electron chi connectivity index (χ4n) is 3.28. The largest absolute Gasteiger partial charge is 0.497 e. The van der Waals surface area contributed by atoms with Crippen LogP contribution in [0.15, 0.2) is 59.5 Å². The second-order valence-electron chi connectivity index (χ2n) is 7.24. The van der Waals surface area contributed by atoms with Gasteiger partial charge in [-0.3, -0.25) is 4.79 Å². The van der Waals surface area contributed by atoms with Gasteiger partial charge in [-0.25, -0.2) is 13.1 Å². The number of hydrogen-bond acceptors (Lipinski definition) is 4. The minimum absolute atomic E-state index is 0.0407. The van der Waals surface area contributed by atoms with Crippen molar-refractivity contribution in [3.05, 3.63) is 71.3 Å². The summed E-state index contributed by atoms with van der Waals surface area (Å²) in [6, 6.07) is 16.9. The third-order valence-electron chi connectivity index (χ3n) is 4.87. The summed E-state index contributed by atoms with van der Waals surface area (Å²) in [4.78, 5) is 12.4. The molecule has 0 heterocycles. The predicted octanol–water partition coefficient (Wildman–Crippen LogP) is 3.45. The van der Waals surface area contributed by atoms with Crippen LogP contribution in [0.3, 0.4) is 0 Å². The Labute approximate surface area is 177 Å². The number of ether oxygens (including phenoxy) is 1. The number of sulfonamides is 1. The Balaban J connectivity index is 1.52. The summed E-state index contributed by atoms with van der Waals surface area (Å²) in [5, 5.41) is 4.95. The van der Waals surface area contributed by atoms with Crippen LogP contribution in [0.2, 0.25) is 0 Å². The van der Waals surface area contributed by atoms with E-state index in [9.17, 15) is 13.2 Å². The molecule has 0 unspecified atom stereocenters. The number of fused-ring (bicyclic) bond motifs is 1. The summed E-state index contributed by atoms with van der Waals surface area (Å²) in [5.74, 6) is 0.583. The highest BCUT2D eigenvalue weighted by Crippen LogP contribution is 2.22. The molecule has 0 aliphatic heterocycles. The molecule has 0 spiro atoms. The lowest BCUT2D eigenvalue weighted by atomic mass is 10.1. The van der Waals surface area contributed by atoms with Gasteiger partial charge in [0.15, 0.2) is 0 Å². The Morgan fingerprint density at radius 3 is 2.43 bits per heavy atom. The molecule has 0 saturated carbocycles. The quantitative estimate of drug-likeness (QED) is 0.578. The monoisotopic (exact) mass is 426 g/mol. The molecule has 0 saturated heterocycles. The van der Waals surface area contributed by atoms with E-state index in [-0.39, 0.29) is 23.8 Å². The van der Waals surface area contributed by atoms with Crippen LogP contribution in [0.4, 0.5) is 0 Å². The summed E-state index contributed by atoms with van der Waals surface area (Å²) in [6.45, 7) is 4.09. The second kappa shape index (κ2) is 9.28. The molecule has 0 aromatic heterocycles. The maximum absolute atomic E-state index is 12.4. The zero-order valence-electron chi connectivity index (χ0n) is 17.4. The number of rotatable bonds is 8. The Morgan fingerprint density at radius 2 is 1.70 bits per heavy atom. The summed E-state index contributed by atoms with van der Waals surface area (Å²) in [5.41, 5.74) is 2.65. The van der Waals surface area contributed by atoms with Crippen molar-refractivity contribution >= 4 is 26.7 Å². The minimum Gasteiger partial charge on any atom is -0.497 e. The Kier molecular flexibility index (Phi) is 6.74. The van der Waals surface area contributed by atoms with E-state index in [0.717, 1.165) is 27.6 Å². The zero-order valence-corrected chi connectivity index (χ0v) is 18.2. The van der Waals surface area contributed by atoms with Crippen LogP contribution in [0.25, 0.3) is 10.8 Å². The number of aryl methyl sites for hydroxylation is 2.